The van der Waals surface area contributed by atoms with Crippen LogP contribution < -0.4 is 10.1 Å². The monoisotopic (exact) mass is 468 g/mol. The maximum atomic E-state index is 13.5. The first-order valence-corrected chi connectivity index (χ1v) is 12.5. The lowest BCUT2D eigenvalue weighted by Gasteiger charge is -2.51. The van der Waals surface area contributed by atoms with E-state index in [0.29, 0.717) is 19.6 Å². The standard InChI is InChI=1S/C26H36N4O4/c1-16(2)27-25(33)29-11-9-26(10-12-29)15-30(24(32)17-5-4-6-17)21(14-31)23-22(26)19-8-7-18(34-3)13-20(19)28-23/h7-8,13,16-17,21,28,31H,4-6,9-12,14-15H2,1-3H3,(H,27,33)/t21-/m0/s1. The van der Waals surface area contributed by atoms with Gasteiger partial charge in [0.15, 0.2) is 0 Å². The maximum absolute atomic E-state index is 13.5. The SMILES string of the molecule is COc1ccc2c3c([nH]c2c1)[C@H](CO)N(C(=O)C1CCC1)CC31CCN(C(=O)NC(C)C)CC1. The highest BCUT2D eigenvalue weighted by atomic mass is 16.5. The summed E-state index contributed by atoms with van der Waals surface area (Å²) in [7, 11) is 1.65. The first kappa shape index (κ1) is 23.0. The second kappa shape index (κ2) is 8.80. The molecule has 184 valence electrons. The second-order valence-corrected chi connectivity index (χ2v) is 10.5. The number of aromatic nitrogens is 1. The molecular formula is C26H36N4O4. The minimum Gasteiger partial charge on any atom is -0.497 e. The van der Waals surface area contributed by atoms with Crippen LogP contribution in [0.2, 0.25) is 0 Å². The van der Waals surface area contributed by atoms with Gasteiger partial charge in [-0.3, -0.25) is 4.79 Å². The number of carbonyl (C=O) groups is 2. The molecule has 1 aliphatic carbocycles. The van der Waals surface area contributed by atoms with Crippen LogP contribution in [0.3, 0.4) is 0 Å². The molecule has 5 rings (SSSR count). The van der Waals surface area contributed by atoms with Gasteiger partial charge in [0.2, 0.25) is 5.91 Å². The van der Waals surface area contributed by atoms with Crippen molar-refractivity contribution in [3.63, 3.8) is 0 Å². The van der Waals surface area contributed by atoms with Gasteiger partial charge in [0, 0.05) is 59.7 Å². The van der Waals surface area contributed by atoms with Gasteiger partial charge in [-0.05, 0) is 57.2 Å². The number of hydrogen-bond acceptors (Lipinski definition) is 4. The average molecular weight is 469 g/mol. The molecule has 1 spiro atoms. The van der Waals surface area contributed by atoms with E-state index in [1.807, 2.05) is 35.8 Å². The van der Waals surface area contributed by atoms with Crippen molar-refractivity contribution in [3.05, 3.63) is 29.5 Å². The number of carbonyl (C=O) groups excluding carboxylic acids is 2. The molecule has 3 aliphatic rings. The Morgan fingerprint density at radius 2 is 2.00 bits per heavy atom. The molecule has 1 aromatic carbocycles. The summed E-state index contributed by atoms with van der Waals surface area (Å²) in [5.74, 6) is 0.990. The summed E-state index contributed by atoms with van der Waals surface area (Å²) in [5, 5.41) is 14.6. The van der Waals surface area contributed by atoms with Crippen molar-refractivity contribution >= 4 is 22.8 Å². The number of H-pyrrole nitrogens is 1. The normalized spacial score (nSPS) is 22.1. The van der Waals surface area contributed by atoms with Gasteiger partial charge in [0.05, 0.1) is 19.8 Å². The van der Waals surface area contributed by atoms with Crippen LogP contribution in [0.5, 0.6) is 5.75 Å². The van der Waals surface area contributed by atoms with Crippen molar-refractivity contribution in [1.82, 2.24) is 20.1 Å². The first-order valence-electron chi connectivity index (χ1n) is 12.5. The summed E-state index contributed by atoms with van der Waals surface area (Å²) in [4.78, 5) is 33.5. The van der Waals surface area contributed by atoms with Crippen LogP contribution >= 0.6 is 0 Å². The van der Waals surface area contributed by atoms with Crippen molar-refractivity contribution in [1.29, 1.82) is 0 Å². The van der Waals surface area contributed by atoms with E-state index in [4.69, 9.17) is 4.74 Å². The molecule has 0 bridgehead atoms. The number of aliphatic hydroxyl groups excluding tert-OH is 1. The predicted octanol–water partition coefficient (Wildman–Crippen LogP) is 3.30. The molecule has 0 unspecified atom stereocenters. The number of aliphatic hydroxyl groups is 1. The molecular weight excluding hydrogens is 432 g/mol. The van der Waals surface area contributed by atoms with Gasteiger partial charge in [-0.25, -0.2) is 4.79 Å². The van der Waals surface area contributed by atoms with Crippen LogP contribution in [-0.4, -0.2) is 71.2 Å². The van der Waals surface area contributed by atoms with Gasteiger partial charge in [0.25, 0.3) is 0 Å². The van der Waals surface area contributed by atoms with Crippen molar-refractivity contribution in [2.75, 3.05) is 33.4 Å². The zero-order valence-electron chi connectivity index (χ0n) is 20.4. The Bertz CT molecular complexity index is 1080. The van der Waals surface area contributed by atoms with Crippen molar-refractivity contribution in [3.8, 4) is 5.75 Å². The van der Waals surface area contributed by atoms with E-state index in [0.717, 1.165) is 54.5 Å². The number of piperidine rings is 1. The van der Waals surface area contributed by atoms with E-state index in [-0.39, 0.29) is 42.0 Å². The lowest BCUT2D eigenvalue weighted by Crippen LogP contribution is -2.58. The first-order chi connectivity index (χ1) is 16.4. The molecule has 3 amide bonds. The highest BCUT2D eigenvalue weighted by Crippen LogP contribution is 2.50. The van der Waals surface area contributed by atoms with Gasteiger partial charge < -0.3 is 29.9 Å². The number of urea groups is 1. The minimum absolute atomic E-state index is 0.0276. The number of hydrogen-bond donors (Lipinski definition) is 3. The van der Waals surface area contributed by atoms with E-state index < -0.39 is 0 Å². The third-order valence-electron chi connectivity index (χ3n) is 8.08. The summed E-state index contributed by atoms with van der Waals surface area (Å²) in [6.45, 7) is 5.67. The third kappa shape index (κ3) is 3.72. The predicted molar refractivity (Wildman–Crippen MR) is 130 cm³/mol. The molecule has 2 fully saturated rings. The highest BCUT2D eigenvalue weighted by molar-refractivity contribution is 5.89. The molecule has 3 N–H and O–H groups in total. The second-order valence-electron chi connectivity index (χ2n) is 10.5. The van der Waals surface area contributed by atoms with E-state index in [9.17, 15) is 14.7 Å². The summed E-state index contributed by atoms with van der Waals surface area (Å²) < 4.78 is 5.44. The summed E-state index contributed by atoms with van der Waals surface area (Å²) in [6, 6.07) is 5.72. The summed E-state index contributed by atoms with van der Waals surface area (Å²) >= 11 is 0. The van der Waals surface area contributed by atoms with E-state index in [2.05, 4.69) is 16.4 Å². The zero-order valence-corrected chi connectivity index (χ0v) is 20.4. The topological polar surface area (TPSA) is 97.9 Å². The fourth-order valence-corrected chi connectivity index (χ4v) is 6.01. The van der Waals surface area contributed by atoms with Gasteiger partial charge >= 0.3 is 6.03 Å². The molecule has 1 saturated carbocycles. The fraction of sp³-hybridized carbons (Fsp3) is 0.615. The Hall–Kier alpha value is -2.74. The molecule has 1 aromatic heterocycles. The van der Waals surface area contributed by atoms with Crippen molar-refractivity contribution < 1.29 is 19.4 Å². The van der Waals surface area contributed by atoms with E-state index in [1.54, 1.807) is 7.11 Å². The number of ether oxygens (including phenoxy) is 1. The van der Waals surface area contributed by atoms with Crippen LogP contribution in [0.4, 0.5) is 4.79 Å². The molecule has 8 heteroatoms. The Kier molecular flexibility index (Phi) is 5.96. The van der Waals surface area contributed by atoms with Crippen molar-refractivity contribution in [2.24, 2.45) is 5.92 Å². The quantitative estimate of drug-likeness (QED) is 0.641. The van der Waals surface area contributed by atoms with E-state index in [1.165, 1.54) is 5.56 Å². The van der Waals surface area contributed by atoms with Gasteiger partial charge in [-0.15, -0.1) is 0 Å². The summed E-state index contributed by atoms with van der Waals surface area (Å²) in [6.07, 6.45) is 4.51. The Labute approximate surface area is 200 Å². The van der Waals surface area contributed by atoms with Gasteiger partial charge in [-0.2, -0.15) is 0 Å². The lowest BCUT2D eigenvalue weighted by atomic mass is 9.67. The molecule has 8 nitrogen and oxygen atoms in total. The molecule has 3 heterocycles. The summed E-state index contributed by atoms with van der Waals surface area (Å²) in [5.41, 5.74) is 2.83. The average Bonchev–Trinajstić information content (AvgIpc) is 3.17. The number of rotatable bonds is 4. The van der Waals surface area contributed by atoms with Gasteiger partial charge in [0.1, 0.15) is 5.75 Å². The third-order valence-corrected chi connectivity index (χ3v) is 8.08. The van der Waals surface area contributed by atoms with Crippen LogP contribution in [-0.2, 0) is 10.2 Å². The van der Waals surface area contributed by atoms with Crippen LogP contribution in [0, 0.1) is 5.92 Å². The Morgan fingerprint density at radius 3 is 2.59 bits per heavy atom. The number of benzene rings is 1. The highest BCUT2D eigenvalue weighted by Gasteiger charge is 2.50. The number of nitrogens with zero attached hydrogens (tertiary/aromatic N) is 2. The van der Waals surface area contributed by atoms with Crippen molar-refractivity contribution in [2.45, 2.75) is 63.5 Å². The number of aromatic amines is 1. The van der Waals surface area contributed by atoms with E-state index >= 15 is 0 Å². The molecule has 2 aromatic rings. The largest absolute Gasteiger partial charge is 0.497 e. The smallest absolute Gasteiger partial charge is 0.317 e. The van der Waals surface area contributed by atoms with Crippen LogP contribution in [0.1, 0.15) is 63.3 Å². The van der Waals surface area contributed by atoms with Crippen LogP contribution in [0.25, 0.3) is 10.9 Å². The minimum atomic E-state index is -0.380. The zero-order chi connectivity index (χ0) is 24.0. The maximum Gasteiger partial charge on any atom is 0.317 e. The number of fused-ring (bicyclic) bond motifs is 4. The van der Waals surface area contributed by atoms with Gasteiger partial charge in [-0.1, -0.05) is 6.42 Å². The molecule has 0 radical (unpaired) electrons. The Balaban J connectivity index is 1.55. The molecule has 34 heavy (non-hydrogen) atoms. The number of nitrogens with one attached hydrogen (secondary N) is 2. The van der Waals surface area contributed by atoms with Crippen LogP contribution in [0.15, 0.2) is 18.2 Å². The molecule has 1 atom stereocenters. The lowest BCUT2D eigenvalue weighted by molar-refractivity contribution is -0.144. The number of methoxy groups -OCH3 is 1. The molecule has 2 aliphatic heterocycles. The Morgan fingerprint density at radius 1 is 1.26 bits per heavy atom. The fourth-order valence-electron chi connectivity index (χ4n) is 6.01. The number of amides is 3. The number of likely N-dealkylation sites (tertiary alicyclic amines) is 1. The molecule has 1 saturated heterocycles.